The van der Waals surface area contributed by atoms with E-state index in [0.29, 0.717) is 0 Å². The van der Waals surface area contributed by atoms with Gasteiger partial charge in [-0.15, -0.1) is 0 Å². The molecule has 0 aliphatic rings. The molecule has 0 aromatic carbocycles. The van der Waals surface area contributed by atoms with Gasteiger partial charge in [-0.3, -0.25) is 0 Å². The van der Waals surface area contributed by atoms with E-state index in [9.17, 15) is 0 Å². The molecule has 0 atom stereocenters. The normalized spacial score (nSPS) is 10.1. The first-order valence-electron chi connectivity index (χ1n) is 2.90. The van der Waals surface area contributed by atoms with Crippen LogP contribution in [0, 0.1) is 0 Å². The minimum Gasteiger partial charge on any atom is -0.423 e. The van der Waals surface area contributed by atoms with Crippen LogP contribution in [0.1, 0.15) is 0 Å². The molecular weight excluding hydrogens is 223 g/mol. The minimum atomic E-state index is -1.70. The van der Waals surface area contributed by atoms with Crippen LogP contribution in [-0.2, 0) is 0 Å². The molecule has 1 aromatic rings. The van der Waals surface area contributed by atoms with E-state index in [2.05, 4.69) is 4.98 Å². The van der Waals surface area contributed by atoms with Crippen molar-refractivity contribution in [2.45, 2.75) is 0 Å². The monoisotopic (exact) mass is 225 g/mol. The summed E-state index contributed by atoms with van der Waals surface area (Å²) in [7, 11) is -1.70. The van der Waals surface area contributed by atoms with Gasteiger partial charge in [0.15, 0.2) is 0 Å². The number of rotatable bonds is 1. The number of nitrogens with zero attached hydrogens (tertiary/aromatic N) is 1. The van der Waals surface area contributed by atoms with E-state index in [1.54, 1.807) is 0 Å². The van der Waals surface area contributed by atoms with Gasteiger partial charge in [0, 0.05) is 5.46 Å². The van der Waals surface area contributed by atoms with Crippen molar-refractivity contribution in [1.29, 1.82) is 0 Å². The van der Waals surface area contributed by atoms with Crippen LogP contribution in [0.15, 0.2) is 6.07 Å². The van der Waals surface area contributed by atoms with Crippen molar-refractivity contribution in [3.63, 3.8) is 0 Å². The summed E-state index contributed by atoms with van der Waals surface area (Å²) in [5.41, 5.74) is 0.0432. The van der Waals surface area contributed by atoms with Crippen LogP contribution < -0.4 is 5.46 Å². The van der Waals surface area contributed by atoms with E-state index in [-0.39, 0.29) is 20.8 Å². The number of hydrogen-bond donors (Lipinski definition) is 2. The van der Waals surface area contributed by atoms with E-state index < -0.39 is 7.12 Å². The maximum Gasteiger partial charge on any atom is 0.490 e. The highest BCUT2D eigenvalue weighted by Gasteiger charge is 2.18. The van der Waals surface area contributed by atoms with Crippen LogP contribution in [-0.4, -0.2) is 22.2 Å². The second-order valence-corrected chi connectivity index (χ2v) is 3.14. The number of aromatic nitrogens is 1. The van der Waals surface area contributed by atoms with Crippen LogP contribution in [0.4, 0.5) is 0 Å². The maximum absolute atomic E-state index is 8.78. The third-order valence-corrected chi connectivity index (χ3v) is 2.15. The van der Waals surface area contributed by atoms with Gasteiger partial charge in [0.1, 0.15) is 10.3 Å². The summed E-state index contributed by atoms with van der Waals surface area (Å²) in [4.78, 5) is 3.59. The molecule has 0 radical (unpaired) electrons. The topological polar surface area (TPSA) is 53.4 Å². The zero-order chi connectivity index (χ0) is 9.30. The summed E-state index contributed by atoms with van der Waals surface area (Å²) in [6.07, 6.45) is 0. The Bertz CT molecular complexity index is 307. The van der Waals surface area contributed by atoms with Gasteiger partial charge in [0.05, 0.1) is 5.02 Å². The minimum absolute atomic E-state index is 0.00364. The Morgan fingerprint density at radius 3 is 2.33 bits per heavy atom. The molecule has 2 N–H and O–H groups in total. The molecule has 1 rings (SSSR count). The highest BCUT2D eigenvalue weighted by atomic mass is 35.5. The van der Waals surface area contributed by atoms with Crippen LogP contribution in [0.3, 0.4) is 0 Å². The molecule has 0 spiro atoms. The smallest absolute Gasteiger partial charge is 0.423 e. The Hall–Kier alpha value is 0.00494. The summed E-state index contributed by atoms with van der Waals surface area (Å²) >= 11 is 16.6. The molecule has 0 fully saturated rings. The van der Waals surface area contributed by atoms with Crippen molar-refractivity contribution in [1.82, 2.24) is 4.98 Å². The average Bonchev–Trinajstić information content (AvgIpc) is 1.96. The molecule has 1 aromatic heterocycles. The largest absolute Gasteiger partial charge is 0.490 e. The molecule has 1 heterocycles. The molecule has 0 unspecified atom stereocenters. The first kappa shape index (κ1) is 10.1. The molecule has 12 heavy (non-hydrogen) atoms. The Kier molecular flexibility index (Phi) is 3.20. The van der Waals surface area contributed by atoms with Gasteiger partial charge >= 0.3 is 7.12 Å². The maximum atomic E-state index is 8.78. The Morgan fingerprint density at radius 2 is 1.83 bits per heavy atom. The van der Waals surface area contributed by atoms with Crippen LogP contribution >= 0.6 is 34.8 Å². The van der Waals surface area contributed by atoms with Crippen molar-refractivity contribution < 1.29 is 10.0 Å². The second-order valence-electron chi connectivity index (χ2n) is 2.01. The van der Waals surface area contributed by atoms with E-state index >= 15 is 0 Å². The van der Waals surface area contributed by atoms with Gasteiger partial charge in [-0.05, 0) is 6.07 Å². The first-order valence-corrected chi connectivity index (χ1v) is 4.03. The molecule has 0 amide bonds. The summed E-state index contributed by atoms with van der Waals surface area (Å²) in [6, 6.07) is 1.24. The van der Waals surface area contributed by atoms with Crippen LogP contribution in [0.5, 0.6) is 0 Å². The number of pyridine rings is 1. The van der Waals surface area contributed by atoms with Crippen molar-refractivity contribution >= 4 is 47.4 Å². The molecule has 0 saturated carbocycles. The van der Waals surface area contributed by atoms with Gasteiger partial charge in [-0.25, -0.2) is 4.98 Å². The third-order valence-electron chi connectivity index (χ3n) is 1.19. The highest BCUT2D eigenvalue weighted by molar-refractivity contribution is 6.64. The summed E-state index contributed by atoms with van der Waals surface area (Å²) in [5.74, 6) is 0. The molecule has 0 saturated heterocycles. The van der Waals surface area contributed by atoms with Crippen LogP contribution in [0.2, 0.25) is 15.3 Å². The number of halogens is 3. The van der Waals surface area contributed by atoms with Crippen molar-refractivity contribution in [3.05, 3.63) is 21.4 Å². The van der Waals surface area contributed by atoms with E-state index in [1.807, 2.05) is 0 Å². The summed E-state index contributed by atoms with van der Waals surface area (Å²) in [6.45, 7) is 0. The first-order chi connectivity index (χ1) is 5.52. The zero-order valence-corrected chi connectivity index (χ0v) is 7.90. The Morgan fingerprint density at radius 1 is 1.25 bits per heavy atom. The molecule has 7 heteroatoms. The summed E-state index contributed by atoms with van der Waals surface area (Å²) in [5, 5.41) is 17.6. The lowest BCUT2D eigenvalue weighted by molar-refractivity contribution is 0.426. The quantitative estimate of drug-likeness (QED) is 0.548. The Balaban J connectivity index is 3.28. The third kappa shape index (κ3) is 2.03. The molecule has 64 valence electrons. The molecular formula is C5H3BCl3NO2. The molecule has 0 aliphatic carbocycles. The van der Waals surface area contributed by atoms with Crippen molar-refractivity contribution in [2.24, 2.45) is 0 Å². The van der Waals surface area contributed by atoms with Gasteiger partial charge in [-0.2, -0.15) is 0 Å². The second kappa shape index (κ2) is 3.81. The predicted octanol–water partition coefficient (Wildman–Crippen LogP) is 0.722. The average molecular weight is 226 g/mol. The fraction of sp³-hybridized carbons (Fsp3) is 0. The lowest BCUT2D eigenvalue weighted by atomic mass is 9.81. The SMILES string of the molecule is OB(O)c1cc(Cl)nc(Cl)c1Cl. The van der Waals surface area contributed by atoms with E-state index in [0.717, 1.165) is 0 Å². The van der Waals surface area contributed by atoms with Crippen molar-refractivity contribution in [3.8, 4) is 0 Å². The fourth-order valence-electron chi connectivity index (χ4n) is 0.674. The molecule has 0 aliphatic heterocycles. The van der Waals surface area contributed by atoms with Gasteiger partial charge in [0.25, 0.3) is 0 Å². The van der Waals surface area contributed by atoms with E-state index in [1.165, 1.54) is 6.07 Å². The summed E-state index contributed by atoms with van der Waals surface area (Å²) < 4.78 is 0. The lowest BCUT2D eigenvalue weighted by Crippen LogP contribution is -2.31. The Labute approximate surface area is 84.0 Å². The standard InChI is InChI=1S/C5H3BCl3NO2/c7-3-1-2(6(11)12)4(8)5(9)10-3/h1,11-12H. The molecule has 3 nitrogen and oxygen atoms in total. The van der Waals surface area contributed by atoms with Gasteiger partial charge in [0.2, 0.25) is 0 Å². The fourth-order valence-corrected chi connectivity index (χ4v) is 1.31. The van der Waals surface area contributed by atoms with Crippen LogP contribution in [0.25, 0.3) is 0 Å². The lowest BCUT2D eigenvalue weighted by Gasteiger charge is -2.03. The predicted molar refractivity (Wildman–Crippen MR) is 49.1 cm³/mol. The van der Waals surface area contributed by atoms with Gasteiger partial charge in [-0.1, -0.05) is 34.8 Å². The molecule has 0 bridgehead atoms. The van der Waals surface area contributed by atoms with Crippen molar-refractivity contribution in [2.75, 3.05) is 0 Å². The number of hydrogen-bond acceptors (Lipinski definition) is 3. The van der Waals surface area contributed by atoms with E-state index in [4.69, 9.17) is 44.9 Å². The zero-order valence-electron chi connectivity index (χ0n) is 5.63. The highest BCUT2D eigenvalue weighted by Crippen LogP contribution is 2.19. The van der Waals surface area contributed by atoms with Gasteiger partial charge < -0.3 is 10.0 Å².